The lowest BCUT2D eigenvalue weighted by atomic mass is 10.2. The molecule has 0 spiro atoms. The maximum Gasteiger partial charge on any atom is 0.256 e. The van der Waals surface area contributed by atoms with Crippen molar-refractivity contribution >= 4 is 28.3 Å². The monoisotopic (exact) mass is 305 g/mol. The van der Waals surface area contributed by atoms with E-state index in [4.69, 9.17) is 5.11 Å². The number of aliphatic hydroxyl groups excluding tert-OH is 1. The van der Waals surface area contributed by atoms with Gasteiger partial charge < -0.3 is 15.7 Å². The number of carbonyl (C=O) groups excluding carboxylic acids is 2. The molecule has 0 atom stereocenters. The first-order valence-corrected chi connectivity index (χ1v) is 7.12. The van der Waals surface area contributed by atoms with E-state index in [2.05, 4.69) is 15.0 Å². The molecular weight excluding hydrogens is 290 g/mol. The number of benzene rings is 1. The van der Waals surface area contributed by atoms with Crippen molar-refractivity contribution in [3.05, 3.63) is 47.2 Å². The summed E-state index contributed by atoms with van der Waals surface area (Å²) in [6.07, 6.45) is 0. The third-order valence-electron chi connectivity index (χ3n) is 2.75. The van der Waals surface area contributed by atoms with E-state index in [-0.39, 0.29) is 25.0 Å². The molecule has 1 aromatic heterocycles. The third kappa shape index (κ3) is 3.65. The standard InChI is InChI=1S/C14H15N3O3S/c1-9-11(13(20)15-7-8-18)14(21-17-9)16-12(19)10-5-3-2-4-6-10/h2-6,18H,7-8H2,1H3,(H,15,20)(H,16,19). The van der Waals surface area contributed by atoms with Crippen LogP contribution in [0.2, 0.25) is 0 Å². The van der Waals surface area contributed by atoms with Crippen molar-refractivity contribution in [2.24, 2.45) is 0 Å². The van der Waals surface area contributed by atoms with Crippen LogP contribution in [0.1, 0.15) is 26.4 Å². The predicted octanol–water partition coefficient (Wildman–Crippen LogP) is 1.43. The number of carbonyl (C=O) groups is 2. The summed E-state index contributed by atoms with van der Waals surface area (Å²) in [5.74, 6) is -0.658. The summed E-state index contributed by atoms with van der Waals surface area (Å²) in [6.45, 7) is 1.71. The van der Waals surface area contributed by atoms with Crippen LogP contribution in [0.3, 0.4) is 0 Å². The van der Waals surface area contributed by atoms with E-state index >= 15 is 0 Å². The lowest BCUT2D eigenvalue weighted by molar-refractivity contribution is 0.0945. The molecule has 1 heterocycles. The Hall–Kier alpha value is -2.25. The fourth-order valence-electron chi connectivity index (χ4n) is 1.75. The number of amides is 2. The van der Waals surface area contributed by atoms with Crippen molar-refractivity contribution in [3.8, 4) is 0 Å². The number of aliphatic hydroxyl groups is 1. The summed E-state index contributed by atoms with van der Waals surface area (Å²) >= 11 is 1.06. The van der Waals surface area contributed by atoms with E-state index in [1.165, 1.54) is 0 Å². The molecule has 2 rings (SSSR count). The molecule has 0 aliphatic rings. The number of nitrogens with zero attached hydrogens (tertiary/aromatic N) is 1. The number of aryl methyl sites for hydroxylation is 1. The highest BCUT2D eigenvalue weighted by Gasteiger charge is 2.20. The van der Waals surface area contributed by atoms with Gasteiger partial charge in [-0.05, 0) is 30.6 Å². The Kier molecular flexibility index (Phi) is 5.02. The minimum absolute atomic E-state index is 0.145. The smallest absolute Gasteiger partial charge is 0.256 e. The Morgan fingerprint density at radius 3 is 2.62 bits per heavy atom. The van der Waals surface area contributed by atoms with E-state index in [0.717, 1.165) is 11.5 Å². The second-order valence-corrected chi connectivity index (χ2v) is 5.05. The normalized spacial score (nSPS) is 10.2. The Bertz CT molecular complexity index is 640. The molecule has 2 aromatic rings. The number of rotatable bonds is 5. The van der Waals surface area contributed by atoms with Crippen molar-refractivity contribution in [1.82, 2.24) is 9.69 Å². The van der Waals surface area contributed by atoms with Gasteiger partial charge in [-0.2, -0.15) is 4.37 Å². The van der Waals surface area contributed by atoms with Crippen LogP contribution in [0.25, 0.3) is 0 Å². The van der Waals surface area contributed by atoms with Crippen molar-refractivity contribution < 1.29 is 14.7 Å². The minimum atomic E-state index is -0.362. The van der Waals surface area contributed by atoms with Crippen molar-refractivity contribution in [2.75, 3.05) is 18.5 Å². The molecule has 0 bridgehead atoms. The van der Waals surface area contributed by atoms with Crippen molar-refractivity contribution in [3.63, 3.8) is 0 Å². The first-order valence-electron chi connectivity index (χ1n) is 6.35. The first-order chi connectivity index (χ1) is 10.1. The molecular formula is C14H15N3O3S. The summed E-state index contributed by atoms with van der Waals surface area (Å²) in [7, 11) is 0. The highest BCUT2D eigenvalue weighted by atomic mass is 32.1. The van der Waals surface area contributed by atoms with Gasteiger partial charge in [0.2, 0.25) is 0 Å². The summed E-state index contributed by atoms with van der Waals surface area (Å²) in [5, 5.41) is 14.4. The first kappa shape index (κ1) is 15.1. The average Bonchev–Trinajstić information content (AvgIpc) is 2.86. The maximum absolute atomic E-state index is 12.1. The van der Waals surface area contributed by atoms with Gasteiger partial charge in [0.15, 0.2) is 0 Å². The largest absolute Gasteiger partial charge is 0.395 e. The molecule has 7 heteroatoms. The van der Waals surface area contributed by atoms with Crippen LogP contribution in [0.15, 0.2) is 30.3 Å². The third-order valence-corrected chi connectivity index (χ3v) is 3.60. The lowest BCUT2D eigenvalue weighted by Gasteiger charge is -2.07. The number of hydrogen-bond acceptors (Lipinski definition) is 5. The Labute approximate surface area is 126 Å². The zero-order chi connectivity index (χ0) is 15.2. The van der Waals surface area contributed by atoms with E-state index in [1.807, 2.05) is 6.07 Å². The van der Waals surface area contributed by atoms with Gasteiger partial charge >= 0.3 is 0 Å². The van der Waals surface area contributed by atoms with E-state index in [9.17, 15) is 9.59 Å². The molecule has 0 saturated carbocycles. The number of aromatic nitrogens is 1. The van der Waals surface area contributed by atoms with E-state index in [1.54, 1.807) is 31.2 Å². The van der Waals surface area contributed by atoms with Crippen LogP contribution >= 0.6 is 11.5 Å². The topological polar surface area (TPSA) is 91.3 Å². The quantitative estimate of drug-likeness (QED) is 0.779. The summed E-state index contributed by atoms with van der Waals surface area (Å²) in [6, 6.07) is 8.73. The van der Waals surface area contributed by atoms with Crippen LogP contribution in [0, 0.1) is 6.92 Å². The van der Waals surface area contributed by atoms with Crippen LogP contribution in [-0.2, 0) is 0 Å². The second-order valence-electron chi connectivity index (χ2n) is 4.27. The average molecular weight is 305 g/mol. The molecule has 6 nitrogen and oxygen atoms in total. The molecule has 2 amide bonds. The summed E-state index contributed by atoms with van der Waals surface area (Å²) in [5.41, 5.74) is 1.38. The molecule has 3 N–H and O–H groups in total. The van der Waals surface area contributed by atoms with Crippen molar-refractivity contribution in [1.29, 1.82) is 0 Å². The van der Waals surface area contributed by atoms with Crippen LogP contribution in [-0.4, -0.2) is 34.4 Å². The number of nitrogens with one attached hydrogen (secondary N) is 2. The Balaban J connectivity index is 2.18. The molecule has 0 fully saturated rings. The summed E-state index contributed by atoms with van der Waals surface area (Å²) < 4.78 is 4.10. The number of anilines is 1. The highest BCUT2D eigenvalue weighted by Crippen LogP contribution is 2.25. The molecule has 110 valence electrons. The fourth-order valence-corrected chi connectivity index (χ4v) is 2.53. The molecule has 0 aliphatic heterocycles. The zero-order valence-corrected chi connectivity index (χ0v) is 12.2. The molecule has 0 saturated heterocycles. The van der Waals surface area contributed by atoms with Gasteiger partial charge in [-0.15, -0.1) is 0 Å². The molecule has 0 aliphatic carbocycles. The van der Waals surface area contributed by atoms with Gasteiger partial charge in [-0.25, -0.2) is 0 Å². The molecule has 21 heavy (non-hydrogen) atoms. The van der Waals surface area contributed by atoms with Crippen LogP contribution in [0.4, 0.5) is 5.00 Å². The van der Waals surface area contributed by atoms with Gasteiger partial charge in [0, 0.05) is 12.1 Å². The predicted molar refractivity (Wildman–Crippen MR) is 80.7 cm³/mol. The molecule has 0 radical (unpaired) electrons. The van der Waals surface area contributed by atoms with Crippen molar-refractivity contribution in [2.45, 2.75) is 6.92 Å². The van der Waals surface area contributed by atoms with Gasteiger partial charge in [0.05, 0.1) is 17.9 Å². The van der Waals surface area contributed by atoms with Gasteiger partial charge in [-0.1, -0.05) is 18.2 Å². The molecule has 0 unspecified atom stereocenters. The highest BCUT2D eigenvalue weighted by molar-refractivity contribution is 7.11. The maximum atomic E-state index is 12.1. The Morgan fingerprint density at radius 1 is 1.24 bits per heavy atom. The van der Waals surface area contributed by atoms with E-state index in [0.29, 0.717) is 21.8 Å². The minimum Gasteiger partial charge on any atom is -0.395 e. The SMILES string of the molecule is Cc1nsc(NC(=O)c2ccccc2)c1C(=O)NCCO. The lowest BCUT2D eigenvalue weighted by Crippen LogP contribution is -2.27. The fraction of sp³-hybridized carbons (Fsp3) is 0.214. The zero-order valence-electron chi connectivity index (χ0n) is 11.4. The van der Waals surface area contributed by atoms with Crippen LogP contribution in [0.5, 0.6) is 0 Å². The van der Waals surface area contributed by atoms with Gasteiger partial charge in [-0.3, -0.25) is 9.59 Å². The molecule has 1 aromatic carbocycles. The number of hydrogen-bond donors (Lipinski definition) is 3. The van der Waals surface area contributed by atoms with E-state index < -0.39 is 0 Å². The second kappa shape index (κ2) is 6.96. The Morgan fingerprint density at radius 2 is 1.95 bits per heavy atom. The summed E-state index contributed by atoms with van der Waals surface area (Å²) in [4.78, 5) is 24.1. The van der Waals surface area contributed by atoms with Gasteiger partial charge in [0.25, 0.3) is 11.8 Å². The van der Waals surface area contributed by atoms with Gasteiger partial charge in [0.1, 0.15) is 5.00 Å². The van der Waals surface area contributed by atoms with Crippen LogP contribution < -0.4 is 10.6 Å².